The molecule has 16 heavy (non-hydrogen) atoms. The number of anilines is 1. The monoisotopic (exact) mass is 220 g/mol. The molecule has 1 aliphatic carbocycles. The summed E-state index contributed by atoms with van der Waals surface area (Å²) in [6.07, 6.45) is 2.49. The number of aliphatic hydroxyl groups is 1. The highest BCUT2D eigenvalue weighted by molar-refractivity contribution is 5.50. The zero-order chi connectivity index (χ0) is 11.5. The molecular formula is C13H20N2O. The van der Waals surface area contributed by atoms with E-state index in [1.807, 2.05) is 6.92 Å². The molecule has 0 aliphatic heterocycles. The van der Waals surface area contributed by atoms with Gasteiger partial charge in [-0.2, -0.15) is 0 Å². The lowest BCUT2D eigenvalue weighted by atomic mass is 10.1. The molecule has 0 heterocycles. The van der Waals surface area contributed by atoms with E-state index in [9.17, 15) is 0 Å². The van der Waals surface area contributed by atoms with Crippen molar-refractivity contribution in [3.63, 3.8) is 0 Å². The Labute approximate surface area is 96.9 Å². The first kappa shape index (κ1) is 11.4. The van der Waals surface area contributed by atoms with Gasteiger partial charge in [0.2, 0.25) is 0 Å². The molecule has 1 aliphatic rings. The highest BCUT2D eigenvalue weighted by atomic mass is 16.3. The third kappa shape index (κ3) is 2.54. The average molecular weight is 220 g/mol. The lowest BCUT2D eigenvalue weighted by Gasteiger charge is -2.24. The van der Waals surface area contributed by atoms with Crippen LogP contribution in [0.3, 0.4) is 0 Å². The molecule has 1 fully saturated rings. The summed E-state index contributed by atoms with van der Waals surface area (Å²) in [4.78, 5) is 2.28. The van der Waals surface area contributed by atoms with Gasteiger partial charge in [0.15, 0.2) is 0 Å². The van der Waals surface area contributed by atoms with Crippen LogP contribution >= 0.6 is 0 Å². The molecule has 1 saturated carbocycles. The fourth-order valence-electron chi connectivity index (χ4n) is 1.99. The smallest absolute Gasteiger partial charge is 0.0606 e. The van der Waals surface area contributed by atoms with E-state index in [1.165, 1.54) is 18.5 Å². The minimum atomic E-state index is 0.0845. The van der Waals surface area contributed by atoms with E-state index in [4.69, 9.17) is 10.8 Å². The van der Waals surface area contributed by atoms with E-state index in [2.05, 4.69) is 29.2 Å². The van der Waals surface area contributed by atoms with Crippen molar-refractivity contribution in [1.29, 1.82) is 0 Å². The van der Waals surface area contributed by atoms with Crippen LogP contribution in [0.1, 0.15) is 31.4 Å². The summed E-state index contributed by atoms with van der Waals surface area (Å²) in [5.74, 6) is 0. The van der Waals surface area contributed by atoms with Crippen LogP contribution in [0.25, 0.3) is 0 Å². The Morgan fingerprint density at radius 3 is 2.44 bits per heavy atom. The van der Waals surface area contributed by atoms with Crippen molar-refractivity contribution in [2.24, 2.45) is 5.73 Å². The number of hydrogen-bond acceptors (Lipinski definition) is 3. The summed E-state index contributed by atoms with van der Waals surface area (Å²) in [6, 6.07) is 9.08. The first-order valence-electron chi connectivity index (χ1n) is 5.95. The summed E-state index contributed by atoms with van der Waals surface area (Å²) in [7, 11) is 0. The van der Waals surface area contributed by atoms with Crippen LogP contribution < -0.4 is 10.6 Å². The number of aliphatic hydroxyl groups excluding tert-OH is 1. The molecule has 3 nitrogen and oxygen atoms in total. The summed E-state index contributed by atoms with van der Waals surface area (Å²) >= 11 is 0. The van der Waals surface area contributed by atoms with E-state index in [0.29, 0.717) is 6.04 Å². The summed E-state index contributed by atoms with van der Waals surface area (Å²) < 4.78 is 0. The van der Waals surface area contributed by atoms with Crippen molar-refractivity contribution >= 4 is 5.69 Å². The Hall–Kier alpha value is -1.06. The van der Waals surface area contributed by atoms with Crippen LogP contribution in [0, 0.1) is 0 Å². The predicted octanol–water partition coefficient (Wildman–Crippen LogP) is 1.67. The van der Waals surface area contributed by atoms with Crippen molar-refractivity contribution in [2.45, 2.75) is 31.8 Å². The molecule has 0 bridgehead atoms. The standard InChI is InChI=1S/C13H20N2O/c1-10(14)11-2-4-12(5-3-11)15(8-9-16)13-6-7-13/h2-5,10,13,16H,6-9,14H2,1H3. The molecular weight excluding hydrogens is 200 g/mol. The van der Waals surface area contributed by atoms with Gasteiger partial charge < -0.3 is 15.7 Å². The third-order valence-corrected chi connectivity index (χ3v) is 3.08. The molecule has 3 N–H and O–H groups in total. The van der Waals surface area contributed by atoms with Gasteiger partial charge in [0, 0.05) is 24.3 Å². The van der Waals surface area contributed by atoms with Crippen LogP contribution in [0.15, 0.2) is 24.3 Å². The molecule has 88 valence electrons. The maximum atomic E-state index is 9.06. The van der Waals surface area contributed by atoms with Gasteiger partial charge in [0.1, 0.15) is 0 Å². The van der Waals surface area contributed by atoms with Crippen LogP contribution in [-0.4, -0.2) is 24.3 Å². The first-order valence-corrected chi connectivity index (χ1v) is 5.95. The maximum Gasteiger partial charge on any atom is 0.0606 e. The topological polar surface area (TPSA) is 49.5 Å². The fraction of sp³-hybridized carbons (Fsp3) is 0.538. The molecule has 1 aromatic rings. The second-order valence-corrected chi connectivity index (χ2v) is 4.53. The van der Waals surface area contributed by atoms with E-state index in [-0.39, 0.29) is 12.6 Å². The van der Waals surface area contributed by atoms with E-state index in [0.717, 1.165) is 12.1 Å². The fourth-order valence-corrected chi connectivity index (χ4v) is 1.99. The Bertz CT molecular complexity index is 330. The summed E-state index contributed by atoms with van der Waals surface area (Å²) in [5, 5.41) is 9.06. The largest absolute Gasteiger partial charge is 0.395 e. The van der Waals surface area contributed by atoms with Crippen molar-refractivity contribution in [2.75, 3.05) is 18.1 Å². The van der Waals surface area contributed by atoms with Gasteiger partial charge in [0.05, 0.1) is 6.61 Å². The molecule has 0 aromatic heterocycles. The average Bonchev–Trinajstić information content (AvgIpc) is 3.10. The van der Waals surface area contributed by atoms with Crippen molar-refractivity contribution in [1.82, 2.24) is 0 Å². The molecule has 0 amide bonds. The predicted molar refractivity (Wildman–Crippen MR) is 66.5 cm³/mol. The molecule has 1 aromatic carbocycles. The lowest BCUT2D eigenvalue weighted by molar-refractivity contribution is 0.301. The first-order chi connectivity index (χ1) is 7.72. The van der Waals surface area contributed by atoms with Crippen LogP contribution in [0.4, 0.5) is 5.69 Å². The van der Waals surface area contributed by atoms with Crippen molar-refractivity contribution in [3.8, 4) is 0 Å². The Balaban J connectivity index is 2.11. The number of benzene rings is 1. The van der Waals surface area contributed by atoms with E-state index >= 15 is 0 Å². The summed E-state index contributed by atoms with van der Waals surface area (Å²) in [6.45, 7) is 2.93. The van der Waals surface area contributed by atoms with Gasteiger partial charge >= 0.3 is 0 Å². The molecule has 0 radical (unpaired) electrons. The Kier molecular flexibility index (Phi) is 3.46. The SMILES string of the molecule is CC(N)c1ccc(N(CCO)C2CC2)cc1. The van der Waals surface area contributed by atoms with E-state index < -0.39 is 0 Å². The van der Waals surface area contributed by atoms with Crippen LogP contribution in [0.2, 0.25) is 0 Å². The minimum absolute atomic E-state index is 0.0845. The highest BCUT2D eigenvalue weighted by Crippen LogP contribution is 2.31. The van der Waals surface area contributed by atoms with Crippen LogP contribution in [-0.2, 0) is 0 Å². The molecule has 0 saturated heterocycles. The van der Waals surface area contributed by atoms with Crippen LogP contribution in [0.5, 0.6) is 0 Å². The molecule has 1 atom stereocenters. The third-order valence-electron chi connectivity index (χ3n) is 3.08. The molecule has 0 spiro atoms. The van der Waals surface area contributed by atoms with E-state index in [1.54, 1.807) is 0 Å². The maximum absolute atomic E-state index is 9.06. The number of rotatable bonds is 5. The van der Waals surface area contributed by atoms with Crippen molar-refractivity contribution < 1.29 is 5.11 Å². The van der Waals surface area contributed by atoms with Gasteiger partial charge in [-0.3, -0.25) is 0 Å². The van der Waals surface area contributed by atoms with Gasteiger partial charge in [-0.1, -0.05) is 12.1 Å². The molecule has 1 unspecified atom stereocenters. The Morgan fingerprint density at radius 2 is 2.00 bits per heavy atom. The number of hydrogen-bond donors (Lipinski definition) is 2. The zero-order valence-electron chi connectivity index (χ0n) is 9.76. The lowest BCUT2D eigenvalue weighted by Crippen LogP contribution is -2.28. The van der Waals surface area contributed by atoms with Gasteiger partial charge in [-0.05, 0) is 37.5 Å². The highest BCUT2D eigenvalue weighted by Gasteiger charge is 2.28. The minimum Gasteiger partial charge on any atom is -0.395 e. The normalized spacial score (nSPS) is 17.2. The second kappa shape index (κ2) is 4.85. The zero-order valence-corrected chi connectivity index (χ0v) is 9.76. The van der Waals surface area contributed by atoms with Gasteiger partial charge in [0.25, 0.3) is 0 Å². The summed E-state index contributed by atoms with van der Waals surface area (Å²) in [5.41, 5.74) is 8.17. The number of nitrogens with zero attached hydrogens (tertiary/aromatic N) is 1. The Morgan fingerprint density at radius 1 is 1.38 bits per heavy atom. The van der Waals surface area contributed by atoms with Gasteiger partial charge in [-0.25, -0.2) is 0 Å². The molecule has 3 heteroatoms. The number of nitrogens with two attached hydrogens (primary N) is 1. The van der Waals surface area contributed by atoms with Crippen molar-refractivity contribution in [3.05, 3.63) is 29.8 Å². The van der Waals surface area contributed by atoms with Gasteiger partial charge in [-0.15, -0.1) is 0 Å². The second-order valence-electron chi connectivity index (χ2n) is 4.53. The molecule has 2 rings (SSSR count). The quantitative estimate of drug-likeness (QED) is 0.793.